The highest BCUT2D eigenvalue weighted by Crippen LogP contribution is 2.24. The molecule has 158 valence electrons. The Kier molecular flexibility index (Phi) is 11.2. The van der Waals surface area contributed by atoms with Gasteiger partial charge in [-0.1, -0.05) is 64.7 Å². The highest BCUT2D eigenvalue weighted by atomic mass is 127. The van der Waals surface area contributed by atoms with Gasteiger partial charge in [0.05, 0.1) is 0 Å². The summed E-state index contributed by atoms with van der Waals surface area (Å²) in [5, 5.41) is 9.57. The average molecular weight is 501 g/mol. The summed E-state index contributed by atoms with van der Waals surface area (Å²) in [6.45, 7) is 3.83. The fourth-order valence-corrected chi connectivity index (χ4v) is 4.32. The van der Waals surface area contributed by atoms with Crippen molar-refractivity contribution in [2.45, 2.75) is 89.7 Å². The maximum atomic E-state index is 11.6. The summed E-state index contributed by atoms with van der Waals surface area (Å²) in [5.74, 6) is 0.108. The van der Waals surface area contributed by atoms with Crippen LogP contribution in [0.5, 0.6) is 5.75 Å². The van der Waals surface area contributed by atoms with E-state index in [4.69, 9.17) is 4.74 Å². The molecule has 0 radical (unpaired) electrons. The first-order chi connectivity index (χ1) is 13.6. The van der Waals surface area contributed by atoms with E-state index in [0.29, 0.717) is 13.0 Å². The van der Waals surface area contributed by atoms with E-state index in [1.807, 2.05) is 24.3 Å². The van der Waals surface area contributed by atoms with Gasteiger partial charge in [-0.3, -0.25) is 9.69 Å². The molecule has 1 aliphatic rings. The Labute approximate surface area is 184 Å². The molecule has 5 heteroatoms. The number of benzene rings is 1. The first kappa shape index (κ1) is 23.5. The zero-order valence-corrected chi connectivity index (χ0v) is 19.4. The Balaban J connectivity index is 1.63. The number of aliphatic carboxylic acids is 1. The minimum Gasteiger partial charge on any atom is -0.489 e. The normalized spacial score (nSPS) is 19.8. The number of halogens is 1. The molecule has 1 heterocycles. The molecule has 1 aliphatic heterocycles. The van der Waals surface area contributed by atoms with Gasteiger partial charge in [-0.15, -0.1) is 0 Å². The quantitative estimate of drug-likeness (QED) is 0.247. The molecule has 28 heavy (non-hydrogen) atoms. The van der Waals surface area contributed by atoms with Gasteiger partial charge in [-0.2, -0.15) is 0 Å². The second-order valence-electron chi connectivity index (χ2n) is 7.96. The van der Waals surface area contributed by atoms with E-state index in [1.165, 1.54) is 61.4 Å². The number of unbranched alkanes of at least 4 members (excludes halogenated alkanes) is 9. The highest BCUT2D eigenvalue weighted by Gasteiger charge is 2.37. The monoisotopic (exact) mass is 501 g/mol. The zero-order chi connectivity index (χ0) is 20.2. The van der Waals surface area contributed by atoms with E-state index >= 15 is 0 Å². The number of carboxylic acid groups (broad SMARTS) is 1. The van der Waals surface area contributed by atoms with Crippen LogP contribution >= 0.6 is 22.6 Å². The number of rotatable bonds is 14. The van der Waals surface area contributed by atoms with E-state index in [-0.39, 0.29) is 6.10 Å². The molecule has 1 N–H and O–H groups in total. The summed E-state index contributed by atoms with van der Waals surface area (Å²) >= 11 is 2.27. The number of carbonyl (C=O) groups is 1. The third-order valence-corrected chi connectivity index (χ3v) is 6.28. The van der Waals surface area contributed by atoms with Crippen LogP contribution in [0.15, 0.2) is 24.3 Å². The van der Waals surface area contributed by atoms with E-state index in [2.05, 4.69) is 34.4 Å². The van der Waals surface area contributed by atoms with Crippen LogP contribution in [0, 0.1) is 3.57 Å². The van der Waals surface area contributed by atoms with Crippen molar-refractivity contribution in [2.75, 3.05) is 13.1 Å². The lowest BCUT2D eigenvalue weighted by Gasteiger charge is -2.20. The fourth-order valence-electron chi connectivity index (χ4n) is 3.96. The SMILES string of the molecule is CCCCCCCCCCCCN1C[C@@H](Oc2ccc(I)cc2)C[C@H]1C(=O)O. The van der Waals surface area contributed by atoms with Gasteiger partial charge in [0.15, 0.2) is 0 Å². The van der Waals surface area contributed by atoms with Crippen molar-refractivity contribution < 1.29 is 14.6 Å². The molecule has 1 aromatic rings. The van der Waals surface area contributed by atoms with Crippen LogP contribution in [0.1, 0.15) is 77.6 Å². The molecule has 4 nitrogen and oxygen atoms in total. The second kappa shape index (κ2) is 13.4. The van der Waals surface area contributed by atoms with E-state index < -0.39 is 12.0 Å². The minimum atomic E-state index is -0.721. The Morgan fingerprint density at radius 1 is 1.04 bits per heavy atom. The lowest BCUT2D eigenvalue weighted by Crippen LogP contribution is -2.36. The maximum Gasteiger partial charge on any atom is 0.321 e. The van der Waals surface area contributed by atoms with Gasteiger partial charge in [-0.05, 0) is 59.8 Å². The van der Waals surface area contributed by atoms with Crippen LogP contribution < -0.4 is 4.74 Å². The van der Waals surface area contributed by atoms with Crippen molar-refractivity contribution in [3.63, 3.8) is 0 Å². The van der Waals surface area contributed by atoms with Gasteiger partial charge in [0.25, 0.3) is 0 Å². The van der Waals surface area contributed by atoms with E-state index in [1.54, 1.807) is 0 Å². The molecule has 1 fully saturated rings. The topological polar surface area (TPSA) is 49.8 Å². The minimum absolute atomic E-state index is 0.0377. The van der Waals surface area contributed by atoms with Gasteiger partial charge in [0.2, 0.25) is 0 Å². The van der Waals surface area contributed by atoms with E-state index in [0.717, 1.165) is 18.7 Å². The van der Waals surface area contributed by atoms with Crippen molar-refractivity contribution in [3.05, 3.63) is 27.8 Å². The number of nitrogens with zero attached hydrogens (tertiary/aromatic N) is 1. The van der Waals surface area contributed by atoms with Gasteiger partial charge in [0.1, 0.15) is 17.9 Å². The van der Waals surface area contributed by atoms with Crippen LogP contribution in [0.4, 0.5) is 0 Å². The van der Waals surface area contributed by atoms with Crippen molar-refractivity contribution >= 4 is 28.6 Å². The standard InChI is InChI=1S/C23H36INO3/c1-2-3-4-5-6-7-8-9-10-11-16-25-18-21(17-22(25)23(26)27)28-20-14-12-19(24)13-15-20/h12-15,21-22H,2-11,16-18H2,1H3,(H,26,27)/t21-,22-/m0/s1. The number of hydrogen-bond acceptors (Lipinski definition) is 3. The maximum absolute atomic E-state index is 11.6. The second-order valence-corrected chi connectivity index (χ2v) is 9.21. The largest absolute Gasteiger partial charge is 0.489 e. The number of ether oxygens (including phenoxy) is 1. The van der Waals surface area contributed by atoms with Crippen LogP contribution in [0.3, 0.4) is 0 Å². The van der Waals surface area contributed by atoms with Gasteiger partial charge in [0, 0.05) is 16.5 Å². The molecule has 1 aromatic carbocycles. The molecule has 1 saturated heterocycles. The predicted molar refractivity (Wildman–Crippen MR) is 123 cm³/mol. The smallest absolute Gasteiger partial charge is 0.321 e. The van der Waals surface area contributed by atoms with Crippen LogP contribution in [0.2, 0.25) is 0 Å². The third-order valence-electron chi connectivity index (χ3n) is 5.57. The van der Waals surface area contributed by atoms with Crippen LogP contribution in [-0.2, 0) is 4.79 Å². The molecule has 0 unspecified atom stereocenters. The molecular formula is C23H36INO3. The van der Waals surface area contributed by atoms with Crippen LogP contribution in [0.25, 0.3) is 0 Å². The molecule has 0 amide bonds. The summed E-state index contributed by atoms with van der Waals surface area (Å²) in [6.07, 6.45) is 13.5. The first-order valence-corrected chi connectivity index (χ1v) is 12.1. The highest BCUT2D eigenvalue weighted by molar-refractivity contribution is 14.1. The molecule has 0 aliphatic carbocycles. The fraction of sp³-hybridized carbons (Fsp3) is 0.696. The number of carboxylic acids is 1. The molecule has 0 saturated carbocycles. The molecule has 0 spiro atoms. The lowest BCUT2D eigenvalue weighted by molar-refractivity contribution is -0.142. The van der Waals surface area contributed by atoms with Crippen molar-refractivity contribution in [1.29, 1.82) is 0 Å². The molecule has 2 rings (SSSR count). The Morgan fingerprint density at radius 3 is 2.18 bits per heavy atom. The zero-order valence-electron chi connectivity index (χ0n) is 17.2. The Morgan fingerprint density at radius 2 is 1.61 bits per heavy atom. The third kappa shape index (κ3) is 8.68. The Bertz CT molecular complexity index is 563. The van der Waals surface area contributed by atoms with Gasteiger partial charge < -0.3 is 9.84 Å². The predicted octanol–water partition coefficient (Wildman–Crippen LogP) is 6.12. The molecule has 0 bridgehead atoms. The molecule has 0 aromatic heterocycles. The summed E-state index contributed by atoms with van der Waals surface area (Å²) in [6, 6.07) is 7.54. The molecule has 2 atom stereocenters. The number of hydrogen-bond donors (Lipinski definition) is 1. The average Bonchev–Trinajstić information content (AvgIpc) is 3.08. The van der Waals surface area contributed by atoms with Gasteiger partial charge >= 0.3 is 5.97 Å². The van der Waals surface area contributed by atoms with Crippen molar-refractivity contribution in [2.24, 2.45) is 0 Å². The lowest BCUT2D eigenvalue weighted by atomic mass is 10.1. The van der Waals surface area contributed by atoms with Crippen molar-refractivity contribution in [3.8, 4) is 5.75 Å². The van der Waals surface area contributed by atoms with Crippen molar-refractivity contribution in [1.82, 2.24) is 4.90 Å². The summed E-state index contributed by atoms with van der Waals surface area (Å²) < 4.78 is 7.20. The van der Waals surface area contributed by atoms with Gasteiger partial charge in [-0.25, -0.2) is 0 Å². The van der Waals surface area contributed by atoms with Crippen LogP contribution in [-0.4, -0.2) is 41.2 Å². The van der Waals surface area contributed by atoms with E-state index in [9.17, 15) is 9.90 Å². The summed E-state index contributed by atoms with van der Waals surface area (Å²) in [5.41, 5.74) is 0. The number of likely N-dealkylation sites (tertiary alicyclic amines) is 1. The molecular weight excluding hydrogens is 465 g/mol. The Hall–Kier alpha value is -0.820. The summed E-state index contributed by atoms with van der Waals surface area (Å²) in [4.78, 5) is 13.7. The first-order valence-electron chi connectivity index (χ1n) is 11.0. The summed E-state index contributed by atoms with van der Waals surface area (Å²) in [7, 11) is 0.